The normalized spacial score (nSPS) is 12.6. The highest BCUT2D eigenvalue weighted by Crippen LogP contribution is 2.21. The SMILES string of the molecule is Cc1cc(S(=O)(=O)NCCCC[C@@H](Cc2cc(C)c(F)c(C)c2)C(=O)NO)ccc1F. The molecule has 0 radical (unpaired) electrons. The minimum Gasteiger partial charge on any atom is -0.289 e. The summed E-state index contributed by atoms with van der Waals surface area (Å²) in [5.74, 6) is -1.83. The monoisotopic (exact) mass is 454 g/mol. The Morgan fingerprint density at radius 1 is 1.03 bits per heavy atom. The Morgan fingerprint density at radius 2 is 1.68 bits per heavy atom. The number of carbonyl (C=O) groups is 1. The Hall–Kier alpha value is -2.36. The summed E-state index contributed by atoms with van der Waals surface area (Å²) in [5, 5.41) is 9.04. The van der Waals surface area contributed by atoms with E-state index in [9.17, 15) is 22.0 Å². The molecule has 0 unspecified atom stereocenters. The van der Waals surface area contributed by atoms with Gasteiger partial charge in [-0.1, -0.05) is 18.6 Å². The molecule has 6 nitrogen and oxygen atoms in total. The molecular weight excluding hydrogens is 426 g/mol. The van der Waals surface area contributed by atoms with E-state index in [1.807, 2.05) is 0 Å². The van der Waals surface area contributed by atoms with E-state index in [2.05, 4.69) is 4.72 Å². The van der Waals surface area contributed by atoms with E-state index < -0.39 is 27.7 Å². The number of hydrogen-bond acceptors (Lipinski definition) is 4. The molecule has 0 fully saturated rings. The van der Waals surface area contributed by atoms with Crippen molar-refractivity contribution in [1.82, 2.24) is 10.2 Å². The number of benzene rings is 2. The number of carbonyl (C=O) groups excluding carboxylic acids is 1. The van der Waals surface area contributed by atoms with E-state index >= 15 is 0 Å². The third kappa shape index (κ3) is 6.81. The topological polar surface area (TPSA) is 95.5 Å². The van der Waals surface area contributed by atoms with Crippen molar-refractivity contribution in [3.05, 3.63) is 64.2 Å². The Kier molecular flexibility index (Phi) is 8.67. The lowest BCUT2D eigenvalue weighted by atomic mass is 9.92. The average Bonchev–Trinajstić information content (AvgIpc) is 2.72. The predicted octanol–water partition coefficient (Wildman–Crippen LogP) is 3.70. The van der Waals surface area contributed by atoms with Gasteiger partial charge in [0, 0.05) is 12.5 Å². The maximum Gasteiger partial charge on any atom is 0.246 e. The average molecular weight is 455 g/mol. The van der Waals surface area contributed by atoms with Gasteiger partial charge in [-0.25, -0.2) is 27.4 Å². The van der Waals surface area contributed by atoms with Crippen LogP contribution in [0.4, 0.5) is 8.78 Å². The first-order valence-corrected chi connectivity index (χ1v) is 11.5. The van der Waals surface area contributed by atoms with Crippen LogP contribution in [0.5, 0.6) is 0 Å². The van der Waals surface area contributed by atoms with Crippen LogP contribution in [0.15, 0.2) is 35.2 Å². The van der Waals surface area contributed by atoms with Crippen molar-refractivity contribution >= 4 is 15.9 Å². The summed E-state index contributed by atoms with van der Waals surface area (Å²) in [5.41, 5.74) is 3.68. The van der Waals surface area contributed by atoms with Gasteiger partial charge in [-0.2, -0.15) is 0 Å². The highest BCUT2D eigenvalue weighted by Gasteiger charge is 2.20. The van der Waals surface area contributed by atoms with E-state index in [0.717, 1.165) is 11.6 Å². The number of sulfonamides is 1. The molecule has 0 heterocycles. The summed E-state index contributed by atoms with van der Waals surface area (Å²) in [6.07, 6.45) is 1.74. The van der Waals surface area contributed by atoms with Crippen molar-refractivity contribution in [2.24, 2.45) is 5.92 Å². The van der Waals surface area contributed by atoms with Gasteiger partial charge in [-0.05, 0) is 80.5 Å². The lowest BCUT2D eigenvalue weighted by molar-refractivity contribution is -0.133. The van der Waals surface area contributed by atoms with Crippen molar-refractivity contribution in [2.75, 3.05) is 6.54 Å². The van der Waals surface area contributed by atoms with Crippen LogP contribution in [-0.4, -0.2) is 26.1 Å². The molecule has 0 aliphatic heterocycles. The van der Waals surface area contributed by atoms with E-state index in [1.54, 1.807) is 31.5 Å². The molecule has 2 aromatic carbocycles. The van der Waals surface area contributed by atoms with Gasteiger partial charge in [0.15, 0.2) is 0 Å². The summed E-state index contributed by atoms with van der Waals surface area (Å²) in [6, 6.07) is 6.95. The molecule has 3 N–H and O–H groups in total. The summed E-state index contributed by atoms with van der Waals surface area (Å²) in [4.78, 5) is 12.0. The number of halogens is 2. The Bertz CT molecular complexity index is 1020. The molecular formula is C22H28F2N2O4S. The first-order chi connectivity index (χ1) is 14.5. The molecule has 0 aliphatic carbocycles. The third-order valence-corrected chi connectivity index (χ3v) is 6.63. The van der Waals surface area contributed by atoms with Gasteiger partial charge < -0.3 is 0 Å². The number of amides is 1. The number of aryl methyl sites for hydroxylation is 3. The fraction of sp³-hybridized carbons (Fsp3) is 0.409. The number of rotatable bonds is 10. The van der Waals surface area contributed by atoms with Crippen molar-refractivity contribution < 1.29 is 27.2 Å². The lowest BCUT2D eigenvalue weighted by Gasteiger charge is -2.16. The minimum atomic E-state index is -3.75. The molecule has 0 saturated heterocycles. The zero-order valence-corrected chi connectivity index (χ0v) is 18.7. The molecule has 1 atom stereocenters. The molecule has 1 amide bonds. The van der Waals surface area contributed by atoms with E-state index in [-0.39, 0.29) is 22.8 Å². The smallest absolute Gasteiger partial charge is 0.246 e. The molecule has 0 saturated carbocycles. The second kappa shape index (κ2) is 10.8. The van der Waals surface area contributed by atoms with Crippen molar-refractivity contribution in [3.63, 3.8) is 0 Å². The lowest BCUT2D eigenvalue weighted by Crippen LogP contribution is -2.30. The van der Waals surface area contributed by atoms with Gasteiger partial charge in [0.1, 0.15) is 11.6 Å². The van der Waals surface area contributed by atoms with Crippen LogP contribution in [0.3, 0.4) is 0 Å². The Balaban J connectivity index is 1.91. The largest absolute Gasteiger partial charge is 0.289 e. The first kappa shape index (κ1) is 24.9. The molecule has 0 aliphatic rings. The highest BCUT2D eigenvalue weighted by molar-refractivity contribution is 7.89. The molecule has 2 rings (SSSR count). The molecule has 0 aromatic heterocycles. The zero-order valence-electron chi connectivity index (χ0n) is 17.8. The van der Waals surface area contributed by atoms with Gasteiger partial charge in [-0.15, -0.1) is 0 Å². The summed E-state index contributed by atoms with van der Waals surface area (Å²) < 4.78 is 54.3. The third-order valence-electron chi connectivity index (χ3n) is 5.17. The van der Waals surface area contributed by atoms with E-state index in [0.29, 0.717) is 36.8 Å². The fourth-order valence-electron chi connectivity index (χ4n) is 3.45. The van der Waals surface area contributed by atoms with Gasteiger partial charge in [-0.3, -0.25) is 10.0 Å². The summed E-state index contributed by atoms with van der Waals surface area (Å²) >= 11 is 0. The van der Waals surface area contributed by atoms with Crippen LogP contribution in [-0.2, 0) is 21.2 Å². The van der Waals surface area contributed by atoms with Crippen LogP contribution in [0.25, 0.3) is 0 Å². The van der Waals surface area contributed by atoms with E-state index in [1.165, 1.54) is 19.1 Å². The minimum absolute atomic E-state index is 0.00835. The highest BCUT2D eigenvalue weighted by atomic mass is 32.2. The maximum atomic E-state index is 13.8. The van der Waals surface area contributed by atoms with E-state index in [4.69, 9.17) is 5.21 Å². The van der Waals surface area contributed by atoms with Crippen LogP contribution in [0.2, 0.25) is 0 Å². The number of nitrogens with one attached hydrogen (secondary N) is 2. The van der Waals surface area contributed by atoms with Crippen LogP contribution in [0.1, 0.15) is 41.5 Å². The van der Waals surface area contributed by atoms with Gasteiger partial charge in [0.05, 0.1) is 4.90 Å². The van der Waals surface area contributed by atoms with Gasteiger partial charge in [0.2, 0.25) is 15.9 Å². The van der Waals surface area contributed by atoms with Crippen molar-refractivity contribution in [3.8, 4) is 0 Å². The summed E-state index contributed by atoms with van der Waals surface area (Å²) in [6.45, 7) is 4.95. The fourth-order valence-corrected chi connectivity index (χ4v) is 4.60. The molecule has 0 bridgehead atoms. The molecule has 31 heavy (non-hydrogen) atoms. The van der Waals surface area contributed by atoms with Crippen LogP contribution in [0, 0.1) is 38.3 Å². The van der Waals surface area contributed by atoms with Crippen molar-refractivity contribution in [2.45, 2.75) is 51.3 Å². The second-order valence-corrected chi connectivity index (χ2v) is 9.49. The molecule has 170 valence electrons. The van der Waals surface area contributed by atoms with Crippen LogP contribution >= 0.6 is 0 Å². The second-order valence-electron chi connectivity index (χ2n) is 7.73. The maximum absolute atomic E-state index is 13.8. The first-order valence-electron chi connectivity index (χ1n) is 10.0. The standard InChI is InChI=1S/C22H28F2N2O4S/c1-14-12-19(7-8-20(14)23)31(29,30)25-9-5-4-6-18(22(27)26-28)13-17-10-15(2)21(24)16(3)11-17/h7-8,10-12,18,25,28H,4-6,9,13H2,1-3H3,(H,26,27)/t18-/m0/s1. The summed E-state index contributed by atoms with van der Waals surface area (Å²) in [7, 11) is -3.75. The molecule has 9 heteroatoms. The number of hydrogen-bond donors (Lipinski definition) is 3. The Morgan fingerprint density at radius 3 is 2.26 bits per heavy atom. The predicted molar refractivity (Wildman–Crippen MR) is 113 cm³/mol. The van der Waals surface area contributed by atoms with Crippen LogP contribution < -0.4 is 10.2 Å². The number of unbranched alkanes of at least 4 members (excludes halogenated alkanes) is 1. The molecule has 0 spiro atoms. The molecule has 2 aromatic rings. The van der Waals surface area contributed by atoms with Gasteiger partial charge >= 0.3 is 0 Å². The number of hydroxylamine groups is 1. The quantitative estimate of drug-likeness (QED) is 0.290. The Labute approximate surface area is 181 Å². The van der Waals surface area contributed by atoms with Crippen molar-refractivity contribution in [1.29, 1.82) is 0 Å². The van der Waals surface area contributed by atoms with Gasteiger partial charge in [0.25, 0.3) is 0 Å². The zero-order chi connectivity index (χ0) is 23.2.